The zero-order valence-electron chi connectivity index (χ0n) is 13.0. The average Bonchev–Trinajstić information content (AvgIpc) is 3.00. The molecule has 0 atom stereocenters. The van der Waals surface area contributed by atoms with Crippen LogP contribution in [0.4, 0.5) is 5.82 Å². The van der Waals surface area contributed by atoms with Gasteiger partial charge in [-0.05, 0) is 23.8 Å². The predicted octanol–water partition coefficient (Wildman–Crippen LogP) is 4.17. The molecule has 0 fully saturated rings. The van der Waals surface area contributed by atoms with E-state index in [-0.39, 0.29) is 5.75 Å². The first-order valence-electron chi connectivity index (χ1n) is 7.48. The van der Waals surface area contributed by atoms with Crippen LogP contribution in [0.15, 0.2) is 48.8 Å². The van der Waals surface area contributed by atoms with E-state index in [1.54, 1.807) is 23.7 Å². The largest absolute Gasteiger partial charge is 0.504 e. The first-order valence-corrected chi connectivity index (χ1v) is 8.30. The number of phenolic OH excluding ortho intramolecular Hbond substituents is 1. The fourth-order valence-electron chi connectivity index (χ4n) is 2.71. The topological polar surface area (TPSA) is 67.3 Å². The molecule has 0 aliphatic carbocycles. The van der Waals surface area contributed by atoms with Crippen LogP contribution in [0.3, 0.4) is 0 Å². The Morgan fingerprint density at radius 2 is 2.04 bits per heavy atom. The molecule has 0 aliphatic heterocycles. The van der Waals surface area contributed by atoms with Crippen LogP contribution in [0, 0.1) is 0 Å². The number of ether oxygens (including phenoxy) is 1. The summed E-state index contributed by atoms with van der Waals surface area (Å²) < 4.78 is 6.35. The summed E-state index contributed by atoms with van der Waals surface area (Å²) in [4.78, 5) is 9.77. The third kappa shape index (κ3) is 2.51. The van der Waals surface area contributed by atoms with Gasteiger partial charge in [-0.25, -0.2) is 9.97 Å². The second-order valence-corrected chi connectivity index (χ2v) is 6.39. The minimum atomic E-state index is 0.134. The van der Waals surface area contributed by atoms with Gasteiger partial charge < -0.3 is 15.2 Å². The van der Waals surface area contributed by atoms with Crippen LogP contribution in [0.1, 0.15) is 5.56 Å². The van der Waals surface area contributed by atoms with Crippen LogP contribution in [0.2, 0.25) is 0 Å². The molecule has 2 aromatic carbocycles. The number of hydrogen-bond acceptors (Lipinski definition) is 6. The molecule has 6 heteroatoms. The fourth-order valence-corrected chi connectivity index (χ4v) is 3.75. The van der Waals surface area contributed by atoms with Gasteiger partial charge in [0.15, 0.2) is 11.5 Å². The third-order valence-corrected chi connectivity index (χ3v) is 4.96. The van der Waals surface area contributed by atoms with E-state index in [1.165, 1.54) is 11.8 Å². The molecule has 5 nitrogen and oxygen atoms in total. The number of phenols is 1. The van der Waals surface area contributed by atoms with Crippen molar-refractivity contribution in [2.45, 2.75) is 6.54 Å². The molecule has 0 bridgehead atoms. The first kappa shape index (κ1) is 14.7. The number of hydrogen-bond donors (Lipinski definition) is 2. The highest BCUT2D eigenvalue weighted by Crippen LogP contribution is 2.36. The Bertz CT molecular complexity index is 1030. The Hall–Kier alpha value is -2.86. The lowest BCUT2D eigenvalue weighted by molar-refractivity contribution is 0.373. The second kappa shape index (κ2) is 5.98. The quantitative estimate of drug-likeness (QED) is 0.585. The maximum absolute atomic E-state index is 9.69. The van der Waals surface area contributed by atoms with Crippen molar-refractivity contribution in [1.29, 1.82) is 0 Å². The van der Waals surface area contributed by atoms with E-state index >= 15 is 0 Å². The Morgan fingerprint density at radius 3 is 2.92 bits per heavy atom. The standard InChI is InChI=1S/C18H15N3O2S/c1-23-14-8-11(6-7-13(14)22)9-19-17-16-12-4-2-3-5-15(12)24-18(16)21-10-20-17/h2-8,10,22H,9H2,1H3,(H,19,20,21). The van der Waals surface area contributed by atoms with Crippen LogP contribution < -0.4 is 10.1 Å². The molecule has 4 rings (SSSR count). The summed E-state index contributed by atoms with van der Waals surface area (Å²) in [6.45, 7) is 0.576. The van der Waals surface area contributed by atoms with E-state index in [0.29, 0.717) is 12.3 Å². The maximum Gasteiger partial charge on any atom is 0.160 e. The zero-order valence-corrected chi connectivity index (χ0v) is 13.8. The van der Waals surface area contributed by atoms with E-state index in [1.807, 2.05) is 24.3 Å². The summed E-state index contributed by atoms with van der Waals surface area (Å²) >= 11 is 1.66. The molecule has 0 saturated carbocycles. The molecule has 0 spiro atoms. The number of aromatic nitrogens is 2. The number of aromatic hydroxyl groups is 1. The van der Waals surface area contributed by atoms with E-state index in [4.69, 9.17) is 4.74 Å². The first-order chi connectivity index (χ1) is 11.8. The molecule has 4 aromatic rings. The number of benzene rings is 2. The lowest BCUT2D eigenvalue weighted by Crippen LogP contribution is -2.02. The van der Waals surface area contributed by atoms with Crippen LogP contribution in [0.5, 0.6) is 11.5 Å². The molecule has 0 aliphatic rings. The SMILES string of the molecule is COc1cc(CNc2ncnc3sc4ccccc4c23)ccc1O. The summed E-state index contributed by atoms with van der Waals surface area (Å²) in [5.74, 6) is 1.40. The van der Waals surface area contributed by atoms with E-state index in [0.717, 1.165) is 27.0 Å². The van der Waals surface area contributed by atoms with Crippen LogP contribution >= 0.6 is 11.3 Å². The van der Waals surface area contributed by atoms with Gasteiger partial charge in [0, 0.05) is 16.6 Å². The van der Waals surface area contributed by atoms with Crippen molar-refractivity contribution in [3.63, 3.8) is 0 Å². The number of nitrogens with zero attached hydrogens (tertiary/aromatic N) is 2. The summed E-state index contributed by atoms with van der Waals surface area (Å²) in [6, 6.07) is 13.5. The van der Waals surface area contributed by atoms with Crippen molar-refractivity contribution in [3.8, 4) is 11.5 Å². The van der Waals surface area contributed by atoms with Gasteiger partial charge >= 0.3 is 0 Å². The number of anilines is 1. The molecular weight excluding hydrogens is 322 g/mol. The van der Waals surface area contributed by atoms with Gasteiger partial charge in [0.05, 0.1) is 12.5 Å². The van der Waals surface area contributed by atoms with Gasteiger partial charge in [-0.2, -0.15) is 0 Å². The molecule has 120 valence electrons. The molecular formula is C18H15N3O2S. The molecule has 0 saturated heterocycles. The van der Waals surface area contributed by atoms with Crippen molar-refractivity contribution >= 4 is 37.5 Å². The summed E-state index contributed by atoms with van der Waals surface area (Å²) in [5, 5.41) is 15.3. The zero-order chi connectivity index (χ0) is 16.5. The number of nitrogens with one attached hydrogen (secondary N) is 1. The van der Waals surface area contributed by atoms with Crippen LogP contribution in [-0.2, 0) is 6.54 Å². The summed E-state index contributed by atoms with van der Waals surface area (Å²) in [6.07, 6.45) is 1.58. The minimum absolute atomic E-state index is 0.134. The van der Waals surface area contributed by atoms with Crippen molar-refractivity contribution in [2.24, 2.45) is 0 Å². The van der Waals surface area contributed by atoms with E-state index < -0.39 is 0 Å². The monoisotopic (exact) mass is 337 g/mol. The number of rotatable bonds is 4. The molecule has 2 heterocycles. The van der Waals surface area contributed by atoms with Crippen molar-refractivity contribution < 1.29 is 9.84 Å². The van der Waals surface area contributed by atoms with Crippen LogP contribution in [0.25, 0.3) is 20.3 Å². The third-order valence-electron chi connectivity index (χ3n) is 3.88. The minimum Gasteiger partial charge on any atom is -0.504 e. The van der Waals surface area contributed by atoms with Gasteiger partial charge in [0.2, 0.25) is 0 Å². The van der Waals surface area contributed by atoms with Crippen molar-refractivity contribution in [2.75, 3.05) is 12.4 Å². The number of methoxy groups -OCH3 is 1. The highest BCUT2D eigenvalue weighted by molar-refractivity contribution is 7.25. The highest BCUT2D eigenvalue weighted by Gasteiger charge is 2.11. The predicted molar refractivity (Wildman–Crippen MR) is 96.9 cm³/mol. The fraction of sp³-hybridized carbons (Fsp3) is 0.111. The van der Waals surface area contributed by atoms with Crippen molar-refractivity contribution in [3.05, 3.63) is 54.4 Å². The Morgan fingerprint density at radius 1 is 1.17 bits per heavy atom. The molecule has 0 radical (unpaired) electrons. The Kier molecular flexibility index (Phi) is 3.66. The van der Waals surface area contributed by atoms with E-state index in [2.05, 4.69) is 27.4 Å². The molecule has 0 unspecified atom stereocenters. The maximum atomic E-state index is 9.69. The summed E-state index contributed by atoms with van der Waals surface area (Å²) in [5.41, 5.74) is 0.996. The van der Waals surface area contributed by atoms with E-state index in [9.17, 15) is 5.11 Å². The normalized spacial score (nSPS) is 11.0. The average molecular weight is 337 g/mol. The molecule has 0 amide bonds. The van der Waals surface area contributed by atoms with Crippen molar-refractivity contribution in [1.82, 2.24) is 9.97 Å². The molecule has 2 aromatic heterocycles. The number of fused-ring (bicyclic) bond motifs is 3. The van der Waals surface area contributed by atoms with Gasteiger partial charge in [0.25, 0.3) is 0 Å². The smallest absolute Gasteiger partial charge is 0.160 e. The van der Waals surface area contributed by atoms with Gasteiger partial charge in [-0.15, -0.1) is 11.3 Å². The molecule has 2 N–H and O–H groups in total. The van der Waals surface area contributed by atoms with Gasteiger partial charge in [-0.3, -0.25) is 0 Å². The Balaban J connectivity index is 1.70. The van der Waals surface area contributed by atoms with Gasteiger partial charge in [-0.1, -0.05) is 24.3 Å². The summed E-state index contributed by atoms with van der Waals surface area (Å²) in [7, 11) is 1.54. The lowest BCUT2D eigenvalue weighted by atomic mass is 10.2. The Labute approximate surface area is 142 Å². The molecule has 24 heavy (non-hydrogen) atoms. The van der Waals surface area contributed by atoms with Crippen LogP contribution in [-0.4, -0.2) is 22.2 Å². The van der Waals surface area contributed by atoms with Gasteiger partial charge in [0.1, 0.15) is 17.0 Å². The highest BCUT2D eigenvalue weighted by atomic mass is 32.1. The number of thiophene rings is 1. The second-order valence-electron chi connectivity index (χ2n) is 5.36. The lowest BCUT2D eigenvalue weighted by Gasteiger charge is -2.09.